The molecule has 2 aromatic carbocycles. The van der Waals surface area contributed by atoms with E-state index in [4.69, 9.17) is 0 Å². The van der Waals surface area contributed by atoms with Crippen LogP contribution in [0.5, 0.6) is 0 Å². The maximum atomic E-state index is 13.3. The number of anilines is 2. The molecule has 3 rings (SSSR count). The number of ketones is 1. The van der Waals surface area contributed by atoms with Crippen molar-refractivity contribution in [2.24, 2.45) is 5.92 Å². The molecule has 0 bridgehead atoms. The van der Waals surface area contributed by atoms with Gasteiger partial charge < -0.3 is 10.0 Å². The molecule has 0 fully saturated rings. The lowest BCUT2D eigenvalue weighted by atomic mass is 9.91. The number of amides is 1. The van der Waals surface area contributed by atoms with E-state index in [0.717, 1.165) is 22.7 Å². The van der Waals surface area contributed by atoms with Crippen LogP contribution in [0.4, 0.5) is 24.5 Å². The van der Waals surface area contributed by atoms with Crippen molar-refractivity contribution in [2.45, 2.75) is 26.1 Å². The molecule has 2 aromatic rings. The molecule has 0 aliphatic carbocycles. The van der Waals surface area contributed by atoms with Crippen LogP contribution in [0.2, 0.25) is 0 Å². The lowest BCUT2D eigenvalue weighted by molar-refractivity contribution is -0.137. The minimum Gasteiger partial charge on any atom is -0.503 e. The van der Waals surface area contributed by atoms with Crippen LogP contribution in [0, 0.1) is 5.92 Å². The summed E-state index contributed by atoms with van der Waals surface area (Å²) in [7, 11) is 3.70. The van der Waals surface area contributed by atoms with Gasteiger partial charge >= 0.3 is 6.18 Å². The van der Waals surface area contributed by atoms with Gasteiger partial charge in [-0.05, 0) is 35.9 Å². The van der Waals surface area contributed by atoms with Crippen LogP contribution in [0.3, 0.4) is 0 Å². The van der Waals surface area contributed by atoms with E-state index in [0.29, 0.717) is 5.56 Å². The fourth-order valence-electron chi connectivity index (χ4n) is 3.54. The minimum absolute atomic E-state index is 0.0559. The van der Waals surface area contributed by atoms with Crippen molar-refractivity contribution in [3.8, 4) is 0 Å². The number of halogens is 3. The number of hydrogen-bond acceptors (Lipinski definition) is 4. The van der Waals surface area contributed by atoms with E-state index in [1.165, 1.54) is 12.1 Å². The third kappa shape index (κ3) is 4.15. The summed E-state index contributed by atoms with van der Waals surface area (Å²) in [6, 6.07) is 10.2. The van der Waals surface area contributed by atoms with Crippen LogP contribution in [0.25, 0.3) is 0 Å². The third-order valence-electron chi connectivity index (χ3n) is 5.17. The van der Waals surface area contributed by atoms with Gasteiger partial charge in [-0.1, -0.05) is 32.0 Å². The molecule has 1 N–H and O–H groups in total. The molecule has 8 heteroatoms. The topological polar surface area (TPSA) is 60.9 Å². The highest BCUT2D eigenvalue weighted by atomic mass is 19.4. The third-order valence-corrected chi connectivity index (χ3v) is 5.17. The predicted molar refractivity (Wildman–Crippen MR) is 112 cm³/mol. The molecule has 1 amide bonds. The molecule has 0 radical (unpaired) electrons. The largest absolute Gasteiger partial charge is 0.503 e. The average Bonchev–Trinajstić information content (AvgIpc) is 2.97. The fraction of sp³-hybridized carbons (Fsp3) is 0.304. The standard InChI is InChI=1S/C23H23F3N2O3/c1-13(2)20(29)18-19(14-8-10-16(11-9-14)27(3)4)28(22(31)21(18)30)17-7-5-6-15(12-17)23(24,25)26/h5-13,19,30H,1-4H3. The van der Waals surface area contributed by atoms with E-state index in [1.807, 2.05) is 19.0 Å². The van der Waals surface area contributed by atoms with E-state index in [2.05, 4.69) is 0 Å². The molecule has 1 aliphatic heterocycles. The number of rotatable bonds is 5. The number of benzene rings is 2. The summed E-state index contributed by atoms with van der Waals surface area (Å²) in [5.41, 5.74) is 0.269. The number of carbonyl (C=O) groups excluding carboxylic acids is 2. The number of alkyl halides is 3. The minimum atomic E-state index is -4.60. The van der Waals surface area contributed by atoms with Crippen LogP contribution in [-0.2, 0) is 15.8 Å². The van der Waals surface area contributed by atoms with Crippen molar-refractivity contribution in [2.75, 3.05) is 23.9 Å². The van der Waals surface area contributed by atoms with Crippen LogP contribution in [0.15, 0.2) is 59.9 Å². The van der Waals surface area contributed by atoms with Crippen molar-refractivity contribution in [1.29, 1.82) is 0 Å². The Kier molecular flexibility index (Phi) is 5.85. The first kappa shape index (κ1) is 22.4. The van der Waals surface area contributed by atoms with Crippen LogP contribution in [0.1, 0.15) is 31.0 Å². The Labute approximate surface area is 178 Å². The number of nitrogens with zero attached hydrogens (tertiary/aromatic N) is 2. The van der Waals surface area contributed by atoms with Gasteiger partial charge in [-0.15, -0.1) is 0 Å². The summed E-state index contributed by atoms with van der Waals surface area (Å²) in [5.74, 6) is -2.61. The molecule has 0 saturated carbocycles. The van der Waals surface area contributed by atoms with Gasteiger partial charge in [0, 0.05) is 31.4 Å². The molecular formula is C23H23F3N2O3. The van der Waals surface area contributed by atoms with Crippen molar-refractivity contribution >= 4 is 23.1 Å². The molecular weight excluding hydrogens is 409 g/mol. The van der Waals surface area contributed by atoms with E-state index >= 15 is 0 Å². The number of carbonyl (C=O) groups is 2. The van der Waals surface area contributed by atoms with Crippen LogP contribution >= 0.6 is 0 Å². The Bertz CT molecular complexity index is 1040. The summed E-state index contributed by atoms with van der Waals surface area (Å²) in [6.45, 7) is 3.26. The molecule has 1 atom stereocenters. The Hall–Kier alpha value is -3.29. The van der Waals surface area contributed by atoms with E-state index < -0.39 is 41.1 Å². The zero-order valence-electron chi connectivity index (χ0n) is 17.6. The number of hydrogen-bond donors (Lipinski definition) is 1. The van der Waals surface area contributed by atoms with Crippen molar-refractivity contribution in [3.63, 3.8) is 0 Å². The highest BCUT2D eigenvalue weighted by molar-refractivity contribution is 6.16. The maximum absolute atomic E-state index is 13.3. The van der Waals surface area contributed by atoms with Gasteiger partial charge in [-0.3, -0.25) is 14.5 Å². The molecule has 5 nitrogen and oxygen atoms in total. The zero-order valence-corrected chi connectivity index (χ0v) is 17.6. The Morgan fingerprint density at radius 1 is 1.10 bits per heavy atom. The van der Waals surface area contributed by atoms with Crippen molar-refractivity contribution in [3.05, 3.63) is 71.0 Å². The highest BCUT2D eigenvalue weighted by Gasteiger charge is 2.45. The van der Waals surface area contributed by atoms with Gasteiger partial charge in [0.15, 0.2) is 11.5 Å². The summed E-state index contributed by atoms with van der Waals surface area (Å²) in [6.07, 6.45) is -4.60. The summed E-state index contributed by atoms with van der Waals surface area (Å²) < 4.78 is 39.8. The molecule has 0 aromatic heterocycles. The smallest absolute Gasteiger partial charge is 0.416 e. The van der Waals surface area contributed by atoms with Crippen LogP contribution in [-0.4, -0.2) is 30.9 Å². The second-order valence-corrected chi connectivity index (χ2v) is 7.89. The Morgan fingerprint density at radius 3 is 2.23 bits per heavy atom. The lowest BCUT2D eigenvalue weighted by Gasteiger charge is -2.28. The van der Waals surface area contributed by atoms with Crippen molar-refractivity contribution in [1.82, 2.24) is 0 Å². The van der Waals surface area contributed by atoms with Gasteiger partial charge in [-0.25, -0.2) is 0 Å². The second-order valence-electron chi connectivity index (χ2n) is 7.89. The molecule has 31 heavy (non-hydrogen) atoms. The number of Topliss-reactive ketones (excluding diaryl/α,β-unsaturated/α-hetero) is 1. The monoisotopic (exact) mass is 432 g/mol. The highest BCUT2D eigenvalue weighted by Crippen LogP contribution is 2.43. The average molecular weight is 432 g/mol. The second kappa shape index (κ2) is 8.09. The first-order valence-corrected chi connectivity index (χ1v) is 9.69. The molecule has 0 spiro atoms. The van der Waals surface area contributed by atoms with Gasteiger partial charge in [0.25, 0.3) is 5.91 Å². The quantitative estimate of drug-likeness (QED) is 0.730. The van der Waals surface area contributed by atoms with E-state index in [9.17, 15) is 27.9 Å². The Morgan fingerprint density at radius 2 is 1.71 bits per heavy atom. The summed E-state index contributed by atoms with van der Waals surface area (Å²) >= 11 is 0. The van der Waals surface area contributed by atoms with E-state index in [-0.39, 0.29) is 11.3 Å². The van der Waals surface area contributed by atoms with Gasteiger partial charge in [0.1, 0.15) is 0 Å². The maximum Gasteiger partial charge on any atom is 0.416 e. The first-order chi connectivity index (χ1) is 14.4. The molecule has 1 unspecified atom stereocenters. The molecule has 1 heterocycles. The molecule has 0 saturated heterocycles. The summed E-state index contributed by atoms with van der Waals surface area (Å²) in [5, 5.41) is 10.5. The fourth-order valence-corrected chi connectivity index (χ4v) is 3.54. The van der Waals surface area contributed by atoms with Gasteiger partial charge in [0.05, 0.1) is 17.2 Å². The lowest BCUT2D eigenvalue weighted by Crippen LogP contribution is -2.31. The zero-order chi connectivity index (χ0) is 23.1. The number of aliphatic hydroxyl groups is 1. The van der Waals surface area contributed by atoms with Crippen molar-refractivity contribution < 1.29 is 27.9 Å². The SMILES string of the molecule is CC(C)C(=O)C1=C(O)C(=O)N(c2cccc(C(F)(F)F)c2)C1c1ccc(N(C)C)cc1. The first-order valence-electron chi connectivity index (χ1n) is 9.69. The number of aliphatic hydroxyl groups excluding tert-OH is 1. The molecule has 1 aliphatic rings. The Balaban J connectivity index is 2.18. The van der Waals surface area contributed by atoms with Gasteiger partial charge in [-0.2, -0.15) is 13.2 Å². The van der Waals surface area contributed by atoms with Crippen LogP contribution < -0.4 is 9.80 Å². The predicted octanol–water partition coefficient (Wildman–Crippen LogP) is 4.90. The van der Waals surface area contributed by atoms with Gasteiger partial charge in [0.2, 0.25) is 0 Å². The summed E-state index contributed by atoms with van der Waals surface area (Å²) in [4.78, 5) is 28.7. The molecule has 164 valence electrons. The van der Waals surface area contributed by atoms with E-state index in [1.54, 1.807) is 38.1 Å². The normalized spacial score (nSPS) is 17.0.